The van der Waals surface area contributed by atoms with Gasteiger partial charge in [0.05, 0.1) is 18.7 Å². The maximum Gasteiger partial charge on any atom is 0.315 e. The SMILES string of the molecule is O=C(NCc1ccccc1Cn1cccn1)N[C@H]1c2ccccc2C[C@H]1O. The standard InChI is InChI=1S/C21H22N4O2/c26-19-12-15-6-3-4-9-18(15)20(19)24-21(27)22-13-16-7-1-2-8-17(16)14-25-11-5-10-23-25/h1-11,19-20,26H,12-14H2,(H2,22,24,27)/t19-,20+/m1/s1. The quantitative estimate of drug-likeness (QED) is 0.652. The van der Waals surface area contributed by atoms with E-state index in [4.69, 9.17) is 0 Å². The van der Waals surface area contributed by atoms with Crippen molar-refractivity contribution in [1.82, 2.24) is 20.4 Å². The molecule has 0 saturated heterocycles. The Labute approximate surface area is 157 Å². The first kappa shape index (κ1) is 17.3. The predicted molar refractivity (Wildman–Crippen MR) is 102 cm³/mol. The van der Waals surface area contributed by atoms with Crippen LogP contribution in [0.25, 0.3) is 0 Å². The van der Waals surface area contributed by atoms with E-state index in [2.05, 4.69) is 15.7 Å². The van der Waals surface area contributed by atoms with Crippen molar-refractivity contribution in [1.29, 1.82) is 0 Å². The first-order chi connectivity index (χ1) is 13.2. The van der Waals surface area contributed by atoms with E-state index in [1.807, 2.05) is 65.5 Å². The minimum Gasteiger partial charge on any atom is -0.390 e. The molecule has 0 bridgehead atoms. The second-order valence-corrected chi connectivity index (χ2v) is 6.75. The van der Waals surface area contributed by atoms with Crippen molar-refractivity contribution >= 4 is 6.03 Å². The van der Waals surface area contributed by atoms with Crippen molar-refractivity contribution in [2.45, 2.75) is 31.7 Å². The Bertz CT molecular complexity index is 923. The molecule has 3 N–H and O–H groups in total. The van der Waals surface area contributed by atoms with Crippen LogP contribution in [0.1, 0.15) is 28.3 Å². The first-order valence-electron chi connectivity index (χ1n) is 9.05. The molecule has 3 aromatic rings. The fraction of sp³-hybridized carbons (Fsp3) is 0.238. The summed E-state index contributed by atoms with van der Waals surface area (Å²) in [7, 11) is 0. The van der Waals surface area contributed by atoms with Crippen molar-refractivity contribution < 1.29 is 9.90 Å². The van der Waals surface area contributed by atoms with E-state index in [0.717, 1.165) is 22.3 Å². The fourth-order valence-corrected chi connectivity index (χ4v) is 3.57. The Kier molecular flexibility index (Phi) is 4.89. The van der Waals surface area contributed by atoms with Crippen LogP contribution in [0.2, 0.25) is 0 Å². The summed E-state index contributed by atoms with van der Waals surface area (Å²) in [4.78, 5) is 12.4. The van der Waals surface area contributed by atoms with Crippen molar-refractivity contribution in [2.75, 3.05) is 0 Å². The fourth-order valence-electron chi connectivity index (χ4n) is 3.57. The Morgan fingerprint density at radius 1 is 1.11 bits per heavy atom. The van der Waals surface area contributed by atoms with E-state index in [1.54, 1.807) is 6.20 Å². The van der Waals surface area contributed by atoms with Gasteiger partial charge in [-0.2, -0.15) is 5.10 Å². The van der Waals surface area contributed by atoms with Crippen LogP contribution in [0.4, 0.5) is 4.79 Å². The summed E-state index contributed by atoms with van der Waals surface area (Å²) in [5, 5.41) is 20.3. The number of carbonyl (C=O) groups excluding carboxylic acids is 1. The Morgan fingerprint density at radius 2 is 1.89 bits per heavy atom. The summed E-state index contributed by atoms with van der Waals surface area (Å²) in [5.41, 5.74) is 4.21. The lowest BCUT2D eigenvalue weighted by atomic mass is 10.1. The highest BCUT2D eigenvalue weighted by Gasteiger charge is 2.31. The van der Waals surface area contributed by atoms with Crippen molar-refractivity contribution in [3.05, 3.63) is 89.2 Å². The van der Waals surface area contributed by atoms with Crippen LogP contribution < -0.4 is 10.6 Å². The zero-order valence-electron chi connectivity index (χ0n) is 14.9. The van der Waals surface area contributed by atoms with Gasteiger partial charge in [0.2, 0.25) is 0 Å². The Balaban J connectivity index is 1.39. The number of urea groups is 1. The van der Waals surface area contributed by atoms with Crippen LogP contribution in [-0.2, 0) is 19.5 Å². The maximum atomic E-state index is 12.4. The van der Waals surface area contributed by atoms with Gasteiger partial charge in [0, 0.05) is 25.4 Å². The van der Waals surface area contributed by atoms with E-state index >= 15 is 0 Å². The van der Waals surface area contributed by atoms with Crippen molar-refractivity contribution in [3.63, 3.8) is 0 Å². The summed E-state index contributed by atoms with van der Waals surface area (Å²) in [6.07, 6.45) is 3.63. The molecule has 2 atom stereocenters. The summed E-state index contributed by atoms with van der Waals surface area (Å²) in [6.45, 7) is 1.06. The molecule has 1 aliphatic carbocycles. The zero-order valence-corrected chi connectivity index (χ0v) is 14.9. The number of carbonyl (C=O) groups is 1. The zero-order chi connectivity index (χ0) is 18.6. The number of hydrogen-bond acceptors (Lipinski definition) is 3. The van der Waals surface area contributed by atoms with Crippen LogP contribution in [0.15, 0.2) is 67.0 Å². The van der Waals surface area contributed by atoms with Gasteiger partial charge in [-0.15, -0.1) is 0 Å². The molecule has 0 aliphatic heterocycles. The molecule has 27 heavy (non-hydrogen) atoms. The van der Waals surface area contributed by atoms with Crippen molar-refractivity contribution in [2.24, 2.45) is 0 Å². The topological polar surface area (TPSA) is 79.2 Å². The molecule has 6 heteroatoms. The lowest BCUT2D eigenvalue weighted by molar-refractivity contribution is 0.142. The third-order valence-corrected chi connectivity index (χ3v) is 4.94. The van der Waals surface area contributed by atoms with E-state index in [-0.39, 0.29) is 12.1 Å². The monoisotopic (exact) mass is 362 g/mol. The average molecular weight is 362 g/mol. The van der Waals surface area contributed by atoms with Gasteiger partial charge in [-0.1, -0.05) is 48.5 Å². The highest BCUT2D eigenvalue weighted by atomic mass is 16.3. The van der Waals surface area contributed by atoms with Crippen LogP contribution in [0.3, 0.4) is 0 Å². The number of aliphatic hydroxyl groups excluding tert-OH is 1. The number of hydrogen-bond donors (Lipinski definition) is 3. The Morgan fingerprint density at radius 3 is 2.70 bits per heavy atom. The molecular weight excluding hydrogens is 340 g/mol. The third-order valence-electron chi connectivity index (χ3n) is 4.94. The number of aliphatic hydroxyl groups is 1. The third kappa shape index (κ3) is 3.85. The first-order valence-corrected chi connectivity index (χ1v) is 9.05. The van der Waals surface area contributed by atoms with Gasteiger partial charge in [-0.3, -0.25) is 4.68 Å². The molecule has 0 spiro atoms. The summed E-state index contributed by atoms with van der Waals surface area (Å²) < 4.78 is 1.85. The van der Waals surface area contributed by atoms with Gasteiger partial charge in [0.25, 0.3) is 0 Å². The lowest BCUT2D eigenvalue weighted by Crippen LogP contribution is -2.40. The van der Waals surface area contributed by atoms with Gasteiger partial charge in [-0.05, 0) is 28.3 Å². The Hall–Kier alpha value is -3.12. The van der Waals surface area contributed by atoms with Gasteiger partial charge < -0.3 is 15.7 Å². The predicted octanol–water partition coefficient (Wildman–Crippen LogP) is 2.39. The molecule has 0 fully saturated rings. The number of nitrogens with zero attached hydrogens (tertiary/aromatic N) is 2. The molecule has 2 amide bonds. The van der Waals surface area contributed by atoms with Crippen LogP contribution >= 0.6 is 0 Å². The number of rotatable bonds is 5. The minimum absolute atomic E-state index is 0.287. The molecular formula is C21H22N4O2. The molecule has 138 valence electrons. The summed E-state index contributed by atoms with van der Waals surface area (Å²) in [5.74, 6) is 0. The number of nitrogens with one attached hydrogen (secondary N) is 2. The van der Waals surface area contributed by atoms with E-state index < -0.39 is 6.10 Å². The van der Waals surface area contributed by atoms with Gasteiger partial charge in [-0.25, -0.2) is 4.79 Å². The van der Waals surface area contributed by atoms with Crippen LogP contribution in [0.5, 0.6) is 0 Å². The highest BCUT2D eigenvalue weighted by molar-refractivity contribution is 5.74. The van der Waals surface area contributed by atoms with Crippen molar-refractivity contribution in [3.8, 4) is 0 Å². The smallest absolute Gasteiger partial charge is 0.315 e. The van der Waals surface area contributed by atoms with Crippen LogP contribution in [-0.4, -0.2) is 27.0 Å². The molecule has 6 nitrogen and oxygen atoms in total. The molecule has 1 aromatic heterocycles. The summed E-state index contributed by atoms with van der Waals surface area (Å²) in [6, 6.07) is 17.0. The minimum atomic E-state index is -0.597. The second-order valence-electron chi connectivity index (χ2n) is 6.75. The molecule has 4 rings (SSSR count). The normalized spacial score (nSPS) is 18.1. The van der Waals surface area contributed by atoms with E-state index in [0.29, 0.717) is 19.5 Å². The highest BCUT2D eigenvalue weighted by Crippen LogP contribution is 2.31. The van der Waals surface area contributed by atoms with Gasteiger partial charge >= 0.3 is 6.03 Å². The number of amides is 2. The van der Waals surface area contributed by atoms with E-state index in [1.165, 1.54) is 0 Å². The molecule has 2 aromatic carbocycles. The lowest BCUT2D eigenvalue weighted by Gasteiger charge is -2.19. The molecule has 1 aliphatic rings. The number of fused-ring (bicyclic) bond motifs is 1. The number of aromatic nitrogens is 2. The molecule has 1 heterocycles. The number of benzene rings is 2. The van der Waals surface area contributed by atoms with E-state index in [9.17, 15) is 9.90 Å². The van der Waals surface area contributed by atoms with Crippen LogP contribution in [0, 0.1) is 0 Å². The molecule has 0 radical (unpaired) electrons. The van der Waals surface area contributed by atoms with Gasteiger partial charge in [0.15, 0.2) is 0 Å². The van der Waals surface area contributed by atoms with Gasteiger partial charge in [0.1, 0.15) is 0 Å². The largest absolute Gasteiger partial charge is 0.390 e. The second kappa shape index (κ2) is 7.63. The molecule has 0 saturated carbocycles. The summed E-state index contributed by atoms with van der Waals surface area (Å²) >= 11 is 0. The maximum absolute atomic E-state index is 12.4. The molecule has 0 unspecified atom stereocenters. The average Bonchev–Trinajstić information content (AvgIpc) is 3.29.